The molecule has 2 N–H and O–H groups in total. The lowest BCUT2D eigenvalue weighted by molar-refractivity contribution is 0.570. The van der Waals surface area contributed by atoms with Crippen LogP contribution in [0.15, 0.2) is 12.1 Å². The summed E-state index contributed by atoms with van der Waals surface area (Å²) in [6.07, 6.45) is 3.59. The predicted molar refractivity (Wildman–Crippen MR) is 71.7 cm³/mol. The molecule has 3 heteroatoms. The largest absolute Gasteiger partial charge is 0.324 e. The number of benzene rings is 1. The first kappa shape index (κ1) is 10.2. The van der Waals surface area contributed by atoms with Gasteiger partial charge in [0, 0.05) is 13.2 Å². The van der Waals surface area contributed by atoms with Crippen LogP contribution in [0.25, 0.3) is 0 Å². The van der Waals surface area contributed by atoms with E-state index in [-0.39, 0.29) is 6.04 Å². The van der Waals surface area contributed by atoms with E-state index in [4.69, 9.17) is 5.73 Å². The van der Waals surface area contributed by atoms with E-state index in [2.05, 4.69) is 57.3 Å². The minimum Gasteiger partial charge on any atom is -0.324 e. The SMILES string of the molecule is N[C@H]1CCCc2cc(I)c(I)cc21. The average molecular weight is 399 g/mol. The number of hydrogen-bond acceptors (Lipinski definition) is 1. The van der Waals surface area contributed by atoms with Gasteiger partial charge in [0.1, 0.15) is 0 Å². The molecule has 1 aliphatic carbocycles. The van der Waals surface area contributed by atoms with Crippen LogP contribution in [0.5, 0.6) is 0 Å². The molecule has 0 heterocycles. The lowest BCUT2D eigenvalue weighted by atomic mass is 9.88. The second kappa shape index (κ2) is 4.02. The van der Waals surface area contributed by atoms with Gasteiger partial charge in [-0.2, -0.15) is 0 Å². The molecular formula is C10H11I2N. The van der Waals surface area contributed by atoms with Gasteiger partial charge in [-0.3, -0.25) is 0 Å². The quantitative estimate of drug-likeness (QED) is 0.667. The fourth-order valence-electron chi connectivity index (χ4n) is 1.83. The molecule has 1 nitrogen and oxygen atoms in total. The zero-order valence-corrected chi connectivity index (χ0v) is 11.5. The standard InChI is InChI=1S/C10H11I2N/c11-8-4-6-2-1-3-10(13)7(6)5-9(8)12/h4-5,10H,1-3,13H2/t10-/m0/s1. The van der Waals surface area contributed by atoms with E-state index in [0.717, 1.165) is 6.42 Å². The highest BCUT2D eigenvalue weighted by Crippen LogP contribution is 2.31. The van der Waals surface area contributed by atoms with Gasteiger partial charge in [0.05, 0.1) is 0 Å². The molecule has 0 saturated carbocycles. The summed E-state index contributed by atoms with van der Waals surface area (Å²) in [6, 6.07) is 4.81. The third-order valence-electron chi connectivity index (χ3n) is 2.54. The minimum absolute atomic E-state index is 0.272. The lowest BCUT2D eigenvalue weighted by Gasteiger charge is -2.22. The normalized spacial score (nSPS) is 21.3. The van der Waals surface area contributed by atoms with Crippen molar-refractivity contribution in [3.63, 3.8) is 0 Å². The molecule has 0 unspecified atom stereocenters. The molecule has 0 bridgehead atoms. The molecule has 2 rings (SSSR count). The van der Waals surface area contributed by atoms with E-state index in [1.165, 1.54) is 31.1 Å². The summed E-state index contributed by atoms with van der Waals surface area (Å²) < 4.78 is 2.68. The molecule has 13 heavy (non-hydrogen) atoms. The second-order valence-corrected chi connectivity index (χ2v) is 5.79. The van der Waals surface area contributed by atoms with Crippen molar-refractivity contribution in [1.82, 2.24) is 0 Å². The predicted octanol–water partition coefficient (Wildman–Crippen LogP) is 3.23. The van der Waals surface area contributed by atoms with Crippen molar-refractivity contribution in [2.45, 2.75) is 25.3 Å². The van der Waals surface area contributed by atoms with Crippen molar-refractivity contribution in [3.8, 4) is 0 Å². The molecule has 0 aliphatic heterocycles. The summed E-state index contributed by atoms with van der Waals surface area (Å²) in [7, 11) is 0. The number of nitrogens with two attached hydrogens (primary N) is 1. The number of aryl methyl sites for hydroxylation is 1. The maximum absolute atomic E-state index is 6.06. The number of hydrogen-bond donors (Lipinski definition) is 1. The van der Waals surface area contributed by atoms with Gasteiger partial charge in [-0.05, 0) is 87.7 Å². The van der Waals surface area contributed by atoms with Crippen LogP contribution in [0.2, 0.25) is 0 Å². The second-order valence-electron chi connectivity index (χ2n) is 3.46. The first-order valence-corrected chi connectivity index (χ1v) is 6.57. The van der Waals surface area contributed by atoms with E-state index < -0.39 is 0 Å². The molecule has 1 aromatic rings. The summed E-state index contributed by atoms with van der Waals surface area (Å²) in [5.74, 6) is 0. The van der Waals surface area contributed by atoms with Crippen molar-refractivity contribution in [2.24, 2.45) is 5.73 Å². The molecular weight excluding hydrogens is 388 g/mol. The highest BCUT2D eigenvalue weighted by molar-refractivity contribution is 14.1. The summed E-state index contributed by atoms with van der Waals surface area (Å²) in [5.41, 5.74) is 8.89. The fourth-order valence-corrected chi connectivity index (χ4v) is 2.86. The summed E-state index contributed by atoms with van der Waals surface area (Å²) in [4.78, 5) is 0. The Bertz CT molecular complexity index is 336. The fraction of sp³-hybridized carbons (Fsp3) is 0.400. The van der Waals surface area contributed by atoms with Crippen molar-refractivity contribution < 1.29 is 0 Å². The van der Waals surface area contributed by atoms with Crippen molar-refractivity contribution in [1.29, 1.82) is 0 Å². The Labute approximate surface area is 106 Å². The molecule has 1 aromatic carbocycles. The van der Waals surface area contributed by atoms with Crippen LogP contribution in [0.3, 0.4) is 0 Å². The van der Waals surface area contributed by atoms with Crippen LogP contribution in [-0.2, 0) is 6.42 Å². The Hall–Kier alpha value is 0.640. The number of rotatable bonds is 0. The Kier molecular flexibility index (Phi) is 3.14. The maximum Gasteiger partial charge on any atom is 0.0298 e. The maximum atomic E-state index is 6.06. The molecule has 1 atom stereocenters. The third kappa shape index (κ3) is 2.02. The Morgan fingerprint density at radius 1 is 1.23 bits per heavy atom. The van der Waals surface area contributed by atoms with Crippen LogP contribution in [0.1, 0.15) is 30.0 Å². The summed E-state index contributed by atoms with van der Waals surface area (Å²) in [6.45, 7) is 0. The molecule has 0 amide bonds. The molecule has 1 aliphatic rings. The molecule has 0 radical (unpaired) electrons. The molecule has 0 fully saturated rings. The highest BCUT2D eigenvalue weighted by atomic mass is 127. The van der Waals surface area contributed by atoms with Gasteiger partial charge in [-0.15, -0.1) is 0 Å². The van der Waals surface area contributed by atoms with Crippen molar-refractivity contribution in [2.75, 3.05) is 0 Å². The van der Waals surface area contributed by atoms with Gasteiger partial charge >= 0.3 is 0 Å². The van der Waals surface area contributed by atoms with Gasteiger partial charge in [-0.25, -0.2) is 0 Å². The van der Waals surface area contributed by atoms with Crippen LogP contribution < -0.4 is 5.73 Å². The molecule has 0 spiro atoms. The average Bonchev–Trinajstić information content (AvgIpc) is 2.09. The first-order chi connectivity index (χ1) is 6.18. The van der Waals surface area contributed by atoms with Gasteiger partial charge in [0.25, 0.3) is 0 Å². The minimum atomic E-state index is 0.272. The highest BCUT2D eigenvalue weighted by Gasteiger charge is 2.17. The Morgan fingerprint density at radius 3 is 2.69 bits per heavy atom. The Morgan fingerprint density at radius 2 is 1.92 bits per heavy atom. The van der Waals surface area contributed by atoms with Crippen LogP contribution in [0.4, 0.5) is 0 Å². The van der Waals surface area contributed by atoms with E-state index >= 15 is 0 Å². The zero-order chi connectivity index (χ0) is 9.42. The summed E-state index contributed by atoms with van der Waals surface area (Å²) in [5, 5.41) is 0. The van der Waals surface area contributed by atoms with E-state index in [9.17, 15) is 0 Å². The van der Waals surface area contributed by atoms with E-state index in [1.807, 2.05) is 0 Å². The van der Waals surface area contributed by atoms with Gasteiger partial charge in [0.2, 0.25) is 0 Å². The third-order valence-corrected chi connectivity index (χ3v) is 5.36. The van der Waals surface area contributed by atoms with Crippen molar-refractivity contribution in [3.05, 3.63) is 30.4 Å². The van der Waals surface area contributed by atoms with Crippen LogP contribution in [-0.4, -0.2) is 0 Å². The molecule has 0 saturated heterocycles. The summed E-state index contributed by atoms with van der Waals surface area (Å²) >= 11 is 4.77. The van der Waals surface area contributed by atoms with Crippen LogP contribution >= 0.6 is 45.2 Å². The lowest BCUT2D eigenvalue weighted by Crippen LogP contribution is -2.17. The monoisotopic (exact) mass is 399 g/mol. The number of halogens is 2. The van der Waals surface area contributed by atoms with Gasteiger partial charge < -0.3 is 5.73 Å². The molecule has 70 valence electrons. The molecule has 0 aromatic heterocycles. The first-order valence-electron chi connectivity index (χ1n) is 4.42. The van der Waals surface area contributed by atoms with E-state index in [0.29, 0.717) is 0 Å². The Balaban J connectivity index is 2.52. The smallest absolute Gasteiger partial charge is 0.0298 e. The zero-order valence-electron chi connectivity index (χ0n) is 7.19. The topological polar surface area (TPSA) is 26.0 Å². The van der Waals surface area contributed by atoms with E-state index in [1.54, 1.807) is 0 Å². The van der Waals surface area contributed by atoms with Crippen molar-refractivity contribution >= 4 is 45.2 Å². The number of fused-ring (bicyclic) bond motifs is 1. The van der Waals surface area contributed by atoms with Gasteiger partial charge in [-0.1, -0.05) is 0 Å². The van der Waals surface area contributed by atoms with Crippen LogP contribution in [0, 0.1) is 7.14 Å². The van der Waals surface area contributed by atoms with Gasteiger partial charge in [0.15, 0.2) is 0 Å².